The molecule has 0 bridgehead atoms. The second-order valence-electron chi connectivity index (χ2n) is 7.62. The van der Waals surface area contributed by atoms with Gasteiger partial charge in [0.25, 0.3) is 0 Å². The molecule has 0 spiro atoms. The minimum absolute atomic E-state index is 0.0542. The third kappa shape index (κ3) is 5.50. The fourth-order valence-electron chi connectivity index (χ4n) is 3.38. The number of nitrogens with zero attached hydrogens (tertiary/aromatic N) is 2. The number of rotatable bonds is 7. The summed E-state index contributed by atoms with van der Waals surface area (Å²) in [5.41, 5.74) is 4.20. The molecule has 6 nitrogen and oxygen atoms in total. The zero-order valence-corrected chi connectivity index (χ0v) is 17.5. The van der Waals surface area contributed by atoms with Crippen LogP contribution in [0.25, 0.3) is 0 Å². The Labute approximate surface area is 172 Å². The highest BCUT2D eigenvalue weighted by atomic mass is 16.6. The van der Waals surface area contributed by atoms with Crippen LogP contribution in [0.2, 0.25) is 0 Å². The van der Waals surface area contributed by atoms with Crippen molar-refractivity contribution in [2.75, 3.05) is 13.7 Å². The molecule has 0 fully saturated rings. The first kappa shape index (κ1) is 20.7. The van der Waals surface area contributed by atoms with Gasteiger partial charge in [-0.05, 0) is 44.0 Å². The minimum atomic E-state index is -0.173. The zero-order chi connectivity index (χ0) is 20.8. The third-order valence-electron chi connectivity index (χ3n) is 4.82. The number of carbonyl (C=O) groups is 1. The molecule has 1 N–H and O–H groups in total. The van der Waals surface area contributed by atoms with Crippen molar-refractivity contribution in [1.82, 2.24) is 10.2 Å². The van der Waals surface area contributed by atoms with Gasteiger partial charge >= 0.3 is 6.03 Å². The van der Waals surface area contributed by atoms with Crippen molar-refractivity contribution < 1.29 is 14.4 Å². The molecule has 1 atom stereocenters. The number of amides is 2. The van der Waals surface area contributed by atoms with Gasteiger partial charge in [-0.15, -0.1) is 0 Å². The van der Waals surface area contributed by atoms with Crippen LogP contribution in [-0.2, 0) is 11.4 Å². The molecule has 2 amide bonds. The first-order valence-electron chi connectivity index (χ1n) is 9.93. The van der Waals surface area contributed by atoms with Crippen LogP contribution < -0.4 is 10.1 Å². The van der Waals surface area contributed by atoms with Gasteiger partial charge in [0, 0.05) is 24.6 Å². The molecular formula is C23H29N3O3. The van der Waals surface area contributed by atoms with Gasteiger partial charge < -0.3 is 19.8 Å². The van der Waals surface area contributed by atoms with E-state index in [0.29, 0.717) is 19.5 Å². The van der Waals surface area contributed by atoms with E-state index in [2.05, 4.69) is 29.5 Å². The highest BCUT2D eigenvalue weighted by molar-refractivity contribution is 6.02. The number of carbonyl (C=O) groups excluding carboxylic acids is 1. The molecule has 0 unspecified atom stereocenters. The molecule has 0 aromatic heterocycles. The molecule has 0 radical (unpaired) electrons. The standard InChI is InChI=1S/C23H29N3O3/c1-16(2)24-23(27)26(14-18-9-7-10-19(12-18)28-4)15-20-13-22(25-29-20)21-11-6-5-8-17(21)3/h5-12,16,20H,13-15H2,1-4H3,(H,24,27)/t20-/m0/s1. The Morgan fingerprint density at radius 1 is 1.28 bits per heavy atom. The first-order chi connectivity index (χ1) is 14.0. The van der Waals surface area contributed by atoms with E-state index in [-0.39, 0.29) is 18.2 Å². The molecule has 1 aliphatic heterocycles. The molecule has 6 heteroatoms. The summed E-state index contributed by atoms with van der Waals surface area (Å²) < 4.78 is 5.31. The summed E-state index contributed by atoms with van der Waals surface area (Å²) in [6, 6.07) is 15.8. The predicted octanol–water partition coefficient (Wildman–Crippen LogP) is 4.12. The second kappa shape index (κ2) is 9.45. The van der Waals surface area contributed by atoms with Gasteiger partial charge in [-0.1, -0.05) is 41.6 Å². The summed E-state index contributed by atoms with van der Waals surface area (Å²) in [6.45, 7) is 6.89. The third-order valence-corrected chi connectivity index (χ3v) is 4.82. The van der Waals surface area contributed by atoms with Crippen molar-refractivity contribution in [2.24, 2.45) is 5.16 Å². The van der Waals surface area contributed by atoms with Crippen LogP contribution >= 0.6 is 0 Å². The van der Waals surface area contributed by atoms with E-state index >= 15 is 0 Å². The maximum atomic E-state index is 12.8. The Morgan fingerprint density at radius 2 is 2.07 bits per heavy atom. The molecule has 3 rings (SSSR count). The maximum Gasteiger partial charge on any atom is 0.318 e. The molecule has 1 aliphatic rings. The Bertz CT molecular complexity index is 879. The number of methoxy groups -OCH3 is 1. The summed E-state index contributed by atoms with van der Waals surface area (Å²) in [5, 5.41) is 7.27. The summed E-state index contributed by atoms with van der Waals surface area (Å²) in [6.07, 6.45) is 0.502. The van der Waals surface area contributed by atoms with Gasteiger partial charge in [0.2, 0.25) is 0 Å². The topological polar surface area (TPSA) is 63.2 Å². The van der Waals surface area contributed by atoms with Crippen molar-refractivity contribution in [2.45, 2.75) is 45.9 Å². The number of ether oxygens (including phenoxy) is 1. The van der Waals surface area contributed by atoms with E-state index in [0.717, 1.165) is 22.6 Å². The molecule has 1 heterocycles. The summed E-state index contributed by atoms with van der Waals surface area (Å²) in [4.78, 5) is 20.3. The Morgan fingerprint density at radius 3 is 2.79 bits per heavy atom. The highest BCUT2D eigenvalue weighted by Crippen LogP contribution is 2.21. The SMILES string of the molecule is COc1cccc(CN(C[C@@H]2CC(c3ccccc3C)=NO2)C(=O)NC(C)C)c1. The lowest BCUT2D eigenvalue weighted by Gasteiger charge is -2.26. The van der Waals surface area contributed by atoms with Gasteiger partial charge in [0.1, 0.15) is 5.75 Å². The number of nitrogens with one attached hydrogen (secondary N) is 1. The van der Waals surface area contributed by atoms with Gasteiger partial charge in [0.15, 0.2) is 6.10 Å². The van der Waals surface area contributed by atoms with Crippen LogP contribution in [0.1, 0.15) is 37.0 Å². The number of hydrogen-bond donors (Lipinski definition) is 1. The maximum absolute atomic E-state index is 12.8. The van der Waals surface area contributed by atoms with Crippen LogP contribution in [0, 0.1) is 6.92 Å². The Balaban J connectivity index is 1.70. The Kier molecular flexibility index (Phi) is 6.75. The molecule has 0 aliphatic carbocycles. The van der Waals surface area contributed by atoms with Crippen molar-refractivity contribution in [3.05, 3.63) is 65.2 Å². The monoisotopic (exact) mass is 395 g/mol. The average molecular weight is 396 g/mol. The average Bonchev–Trinajstić information content (AvgIpc) is 3.16. The summed E-state index contributed by atoms with van der Waals surface area (Å²) >= 11 is 0. The van der Waals surface area contributed by atoms with E-state index in [1.165, 1.54) is 5.56 Å². The summed E-state index contributed by atoms with van der Waals surface area (Å²) in [5.74, 6) is 0.772. The lowest BCUT2D eigenvalue weighted by Crippen LogP contribution is -2.45. The van der Waals surface area contributed by atoms with E-state index < -0.39 is 0 Å². The van der Waals surface area contributed by atoms with Crippen molar-refractivity contribution in [3.8, 4) is 5.75 Å². The minimum Gasteiger partial charge on any atom is -0.497 e. The number of hydrogen-bond acceptors (Lipinski definition) is 4. The lowest BCUT2D eigenvalue weighted by molar-refractivity contribution is 0.0586. The van der Waals surface area contributed by atoms with E-state index in [1.54, 1.807) is 12.0 Å². The first-order valence-corrected chi connectivity index (χ1v) is 9.93. The van der Waals surface area contributed by atoms with Crippen LogP contribution in [0.3, 0.4) is 0 Å². The molecule has 0 saturated carbocycles. The zero-order valence-electron chi connectivity index (χ0n) is 17.5. The van der Waals surface area contributed by atoms with E-state index in [1.807, 2.05) is 50.2 Å². The van der Waals surface area contributed by atoms with Crippen LogP contribution in [0.5, 0.6) is 5.75 Å². The number of benzene rings is 2. The van der Waals surface area contributed by atoms with Crippen LogP contribution in [-0.4, -0.2) is 42.4 Å². The smallest absolute Gasteiger partial charge is 0.318 e. The van der Waals surface area contributed by atoms with Crippen molar-refractivity contribution >= 4 is 11.7 Å². The largest absolute Gasteiger partial charge is 0.497 e. The fourth-order valence-corrected chi connectivity index (χ4v) is 3.38. The molecule has 154 valence electrons. The molecule has 0 saturated heterocycles. The molecule has 29 heavy (non-hydrogen) atoms. The van der Waals surface area contributed by atoms with E-state index in [4.69, 9.17) is 9.57 Å². The molecular weight excluding hydrogens is 366 g/mol. The van der Waals surface area contributed by atoms with Crippen molar-refractivity contribution in [3.63, 3.8) is 0 Å². The Hall–Kier alpha value is -3.02. The van der Waals surface area contributed by atoms with Crippen LogP contribution in [0.15, 0.2) is 53.7 Å². The van der Waals surface area contributed by atoms with Gasteiger partial charge in [-0.25, -0.2) is 4.79 Å². The molecule has 2 aromatic rings. The number of oxime groups is 1. The van der Waals surface area contributed by atoms with Crippen molar-refractivity contribution in [1.29, 1.82) is 0 Å². The summed E-state index contributed by atoms with van der Waals surface area (Å²) in [7, 11) is 1.64. The molecule has 2 aromatic carbocycles. The predicted molar refractivity (Wildman–Crippen MR) is 114 cm³/mol. The second-order valence-corrected chi connectivity index (χ2v) is 7.62. The highest BCUT2D eigenvalue weighted by Gasteiger charge is 2.27. The normalized spacial score (nSPS) is 15.6. The van der Waals surface area contributed by atoms with Gasteiger partial charge in [-0.3, -0.25) is 0 Å². The number of aryl methyl sites for hydroxylation is 1. The quantitative estimate of drug-likeness (QED) is 0.767. The van der Waals surface area contributed by atoms with Crippen LogP contribution in [0.4, 0.5) is 4.79 Å². The fraction of sp³-hybridized carbons (Fsp3) is 0.391. The van der Waals surface area contributed by atoms with Gasteiger partial charge in [-0.2, -0.15) is 0 Å². The van der Waals surface area contributed by atoms with E-state index in [9.17, 15) is 4.79 Å². The van der Waals surface area contributed by atoms with Gasteiger partial charge in [0.05, 0.1) is 19.4 Å². The number of urea groups is 1. The lowest BCUT2D eigenvalue weighted by atomic mass is 10.0.